The van der Waals surface area contributed by atoms with Gasteiger partial charge in [-0.2, -0.15) is 0 Å². The summed E-state index contributed by atoms with van der Waals surface area (Å²) >= 11 is 0. The molecule has 1 aliphatic carbocycles. The van der Waals surface area contributed by atoms with E-state index in [2.05, 4.69) is 11.1 Å². The van der Waals surface area contributed by atoms with Crippen LogP contribution >= 0.6 is 0 Å². The van der Waals surface area contributed by atoms with Gasteiger partial charge in [-0.05, 0) is 43.4 Å². The maximum absolute atomic E-state index is 5.62. The molecular weight excluding hydrogens is 136 g/mol. The van der Waals surface area contributed by atoms with Crippen molar-refractivity contribution in [2.45, 2.75) is 19.3 Å². The predicted molar refractivity (Wildman–Crippen MR) is 45.4 cm³/mol. The highest BCUT2D eigenvalue weighted by atomic mass is 14.7. The van der Waals surface area contributed by atoms with Crippen molar-refractivity contribution >= 4 is 0 Å². The van der Waals surface area contributed by atoms with Crippen LogP contribution in [0.2, 0.25) is 0 Å². The van der Waals surface area contributed by atoms with Crippen LogP contribution in [0, 0.1) is 5.92 Å². The molecule has 2 nitrogen and oxygen atoms in total. The van der Waals surface area contributed by atoms with Gasteiger partial charge in [-0.1, -0.05) is 0 Å². The molecule has 1 aromatic rings. The van der Waals surface area contributed by atoms with E-state index in [0.29, 0.717) is 5.92 Å². The molecule has 0 aliphatic heterocycles. The van der Waals surface area contributed by atoms with Crippen LogP contribution in [0.15, 0.2) is 12.3 Å². The molecule has 1 aliphatic rings. The average Bonchev–Trinajstić information content (AvgIpc) is 2.50. The van der Waals surface area contributed by atoms with E-state index >= 15 is 0 Å². The first-order valence-electron chi connectivity index (χ1n) is 4.25. The largest absolute Gasteiger partial charge is 0.365 e. The number of rotatable bonds is 1. The minimum absolute atomic E-state index is 0.709. The number of aryl methyl sites for hydroxylation is 1. The number of H-pyrrole nitrogens is 1. The van der Waals surface area contributed by atoms with Crippen molar-refractivity contribution in [3.05, 3.63) is 23.5 Å². The molecule has 11 heavy (non-hydrogen) atoms. The Kier molecular flexibility index (Phi) is 1.70. The zero-order valence-electron chi connectivity index (χ0n) is 6.64. The van der Waals surface area contributed by atoms with Crippen LogP contribution < -0.4 is 5.73 Å². The summed E-state index contributed by atoms with van der Waals surface area (Å²) in [7, 11) is 0. The normalized spacial score (nSPS) is 23.2. The Morgan fingerprint density at radius 3 is 3.36 bits per heavy atom. The number of aromatic nitrogens is 1. The Balaban J connectivity index is 2.18. The summed E-state index contributed by atoms with van der Waals surface area (Å²) in [5, 5.41) is 0. The fourth-order valence-corrected chi connectivity index (χ4v) is 1.81. The first kappa shape index (κ1) is 6.92. The van der Waals surface area contributed by atoms with E-state index in [0.717, 1.165) is 13.0 Å². The topological polar surface area (TPSA) is 41.8 Å². The molecule has 3 N–H and O–H groups in total. The molecule has 1 heterocycles. The van der Waals surface area contributed by atoms with Crippen molar-refractivity contribution in [2.75, 3.05) is 6.54 Å². The highest BCUT2D eigenvalue weighted by Gasteiger charge is 2.17. The standard InChI is InChI=1S/C9H14N2/c10-6-7-1-2-8-3-4-11-9(8)5-7/h3-4,7,11H,1-2,5-6,10H2. The highest BCUT2D eigenvalue weighted by molar-refractivity contribution is 5.23. The number of fused-ring (bicyclic) bond motifs is 1. The first-order chi connectivity index (χ1) is 5.40. The molecule has 1 aromatic heterocycles. The molecule has 0 saturated heterocycles. The van der Waals surface area contributed by atoms with E-state index in [1.807, 2.05) is 6.20 Å². The molecule has 0 radical (unpaired) electrons. The Bertz CT molecular complexity index is 239. The van der Waals surface area contributed by atoms with Crippen molar-refractivity contribution < 1.29 is 0 Å². The average molecular weight is 150 g/mol. The van der Waals surface area contributed by atoms with Gasteiger partial charge < -0.3 is 10.7 Å². The lowest BCUT2D eigenvalue weighted by Gasteiger charge is -2.19. The monoisotopic (exact) mass is 150 g/mol. The summed E-state index contributed by atoms with van der Waals surface area (Å²) in [5.74, 6) is 0.709. The van der Waals surface area contributed by atoms with Gasteiger partial charge in [0.05, 0.1) is 0 Å². The maximum atomic E-state index is 5.62. The first-order valence-corrected chi connectivity index (χ1v) is 4.25. The third kappa shape index (κ3) is 1.18. The molecule has 2 rings (SSSR count). The van der Waals surface area contributed by atoms with Crippen LogP contribution in [-0.4, -0.2) is 11.5 Å². The lowest BCUT2D eigenvalue weighted by molar-refractivity contribution is 0.464. The molecule has 0 aromatic carbocycles. The number of hydrogen-bond acceptors (Lipinski definition) is 1. The SMILES string of the molecule is NCC1CCc2cc[nH]c2C1. The minimum Gasteiger partial charge on any atom is -0.365 e. The molecule has 0 saturated carbocycles. The summed E-state index contributed by atoms with van der Waals surface area (Å²) in [6.45, 7) is 0.832. The van der Waals surface area contributed by atoms with Gasteiger partial charge in [-0.15, -0.1) is 0 Å². The Morgan fingerprint density at radius 1 is 1.64 bits per heavy atom. The van der Waals surface area contributed by atoms with Gasteiger partial charge in [0.2, 0.25) is 0 Å². The molecule has 0 spiro atoms. The van der Waals surface area contributed by atoms with Crippen LogP contribution in [0.3, 0.4) is 0 Å². The molecule has 1 unspecified atom stereocenters. The fraction of sp³-hybridized carbons (Fsp3) is 0.556. The van der Waals surface area contributed by atoms with Crippen molar-refractivity contribution in [3.63, 3.8) is 0 Å². The van der Waals surface area contributed by atoms with E-state index in [4.69, 9.17) is 5.73 Å². The van der Waals surface area contributed by atoms with Crippen LogP contribution in [0.5, 0.6) is 0 Å². The maximum Gasteiger partial charge on any atom is 0.0182 e. The Morgan fingerprint density at radius 2 is 2.55 bits per heavy atom. The van der Waals surface area contributed by atoms with Gasteiger partial charge >= 0.3 is 0 Å². The quantitative estimate of drug-likeness (QED) is 0.618. The predicted octanol–water partition coefficient (Wildman–Crippen LogP) is 1.08. The van der Waals surface area contributed by atoms with Gasteiger partial charge in [0.25, 0.3) is 0 Å². The smallest absolute Gasteiger partial charge is 0.0182 e. The zero-order valence-corrected chi connectivity index (χ0v) is 6.64. The zero-order chi connectivity index (χ0) is 7.68. The molecule has 1 atom stereocenters. The lowest BCUT2D eigenvalue weighted by atomic mass is 9.88. The van der Waals surface area contributed by atoms with E-state index in [-0.39, 0.29) is 0 Å². The number of aromatic amines is 1. The van der Waals surface area contributed by atoms with Crippen LogP contribution in [0.25, 0.3) is 0 Å². The molecular formula is C9H14N2. The van der Waals surface area contributed by atoms with Crippen LogP contribution in [0.4, 0.5) is 0 Å². The second kappa shape index (κ2) is 2.70. The second-order valence-electron chi connectivity index (χ2n) is 3.33. The molecule has 2 heteroatoms. The Hall–Kier alpha value is -0.760. The van der Waals surface area contributed by atoms with Gasteiger partial charge in [-0.25, -0.2) is 0 Å². The molecule has 0 bridgehead atoms. The summed E-state index contributed by atoms with van der Waals surface area (Å²) in [4.78, 5) is 3.27. The van der Waals surface area contributed by atoms with E-state index in [1.54, 1.807) is 0 Å². The lowest BCUT2D eigenvalue weighted by Crippen LogP contribution is -2.21. The van der Waals surface area contributed by atoms with Gasteiger partial charge in [0.15, 0.2) is 0 Å². The minimum atomic E-state index is 0.709. The van der Waals surface area contributed by atoms with E-state index in [1.165, 1.54) is 24.1 Å². The summed E-state index contributed by atoms with van der Waals surface area (Å²) in [5.41, 5.74) is 8.52. The third-order valence-corrected chi connectivity index (χ3v) is 2.58. The molecule has 60 valence electrons. The fourth-order valence-electron chi connectivity index (χ4n) is 1.81. The van der Waals surface area contributed by atoms with E-state index in [9.17, 15) is 0 Å². The second-order valence-corrected chi connectivity index (χ2v) is 3.33. The van der Waals surface area contributed by atoms with Crippen LogP contribution in [0.1, 0.15) is 17.7 Å². The van der Waals surface area contributed by atoms with Gasteiger partial charge in [-0.3, -0.25) is 0 Å². The van der Waals surface area contributed by atoms with Crippen molar-refractivity contribution in [1.82, 2.24) is 4.98 Å². The van der Waals surface area contributed by atoms with Gasteiger partial charge in [0.1, 0.15) is 0 Å². The van der Waals surface area contributed by atoms with E-state index < -0.39 is 0 Å². The van der Waals surface area contributed by atoms with Gasteiger partial charge in [0, 0.05) is 11.9 Å². The van der Waals surface area contributed by atoms with Crippen molar-refractivity contribution in [2.24, 2.45) is 11.7 Å². The highest BCUT2D eigenvalue weighted by Crippen LogP contribution is 2.23. The number of nitrogens with one attached hydrogen (secondary N) is 1. The summed E-state index contributed by atoms with van der Waals surface area (Å²) in [6.07, 6.45) is 5.66. The number of hydrogen-bond donors (Lipinski definition) is 2. The van der Waals surface area contributed by atoms with Crippen molar-refractivity contribution in [1.29, 1.82) is 0 Å². The Labute approximate surface area is 66.8 Å². The summed E-state index contributed by atoms with van der Waals surface area (Å²) < 4.78 is 0. The third-order valence-electron chi connectivity index (χ3n) is 2.58. The van der Waals surface area contributed by atoms with Crippen molar-refractivity contribution in [3.8, 4) is 0 Å². The van der Waals surface area contributed by atoms with Crippen LogP contribution in [-0.2, 0) is 12.8 Å². The summed E-state index contributed by atoms with van der Waals surface area (Å²) in [6, 6.07) is 2.18. The molecule has 0 amide bonds. The number of nitrogens with two attached hydrogens (primary N) is 1. The molecule has 0 fully saturated rings.